The maximum Gasteiger partial charge on any atom is 2.00 e. The van der Waals surface area contributed by atoms with Crippen LogP contribution in [-0.2, 0) is 17.1 Å². The van der Waals surface area contributed by atoms with Crippen molar-refractivity contribution in [3.63, 3.8) is 0 Å². The molecule has 2 aromatic carbocycles. The van der Waals surface area contributed by atoms with Crippen molar-refractivity contribution >= 4 is 0 Å². The predicted octanol–water partition coefficient (Wildman–Crippen LogP) is 3.57. The number of hydrogen-bond acceptors (Lipinski definition) is 2. The average Bonchev–Trinajstić information content (AvgIpc) is 3.06. The Hall–Kier alpha value is -1.70. The molecule has 18 heavy (non-hydrogen) atoms. The number of aryl methyl sites for hydroxylation is 1. The molecule has 0 N–H and O–H groups in total. The van der Waals surface area contributed by atoms with Gasteiger partial charge in [-0.1, -0.05) is 18.1 Å². The van der Waals surface area contributed by atoms with Crippen molar-refractivity contribution in [2.45, 2.75) is 6.92 Å². The molecule has 0 aliphatic carbocycles. The van der Waals surface area contributed by atoms with Gasteiger partial charge >= 0.3 is 17.1 Å². The molecule has 1 aromatic heterocycles. The van der Waals surface area contributed by atoms with Crippen molar-refractivity contribution in [1.82, 2.24) is 9.97 Å². The third-order valence-electron chi connectivity index (χ3n) is 2.39. The number of aromatic nitrogens is 2. The van der Waals surface area contributed by atoms with Gasteiger partial charge in [-0.25, -0.2) is 12.1 Å². The topological polar surface area (TPSA) is 25.8 Å². The Labute approximate surface area is 118 Å². The van der Waals surface area contributed by atoms with Crippen LogP contribution in [0.25, 0.3) is 11.3 Å². The molecular formula is C15H14FeN2. The summed E-state index contributed by atoms with van der Waals surface area (Å²) >= 11 is 0. The molecule has 92 valence electrons. The van der Waals surface area contributed by atoms with E-state index in [1.54, 1.807) is 6.33 Å². The Bertz CT molecular complexity index is 510. The summed E-state index contributed by atoms with van der Waals surface area (Å²) in [7, 11) is 0. The third kappa shape index (κ3) is 3.95. The molecule has 3 aromatic rings. The summed E-state index contributed by atoms with van der Waals surface area (Å²) in [5.74, 6) is 0. The van der Waals surface area contributed by atoms with E-state index < -0.39 is 0 Å². The van der Waals surface area contributed by atoms with Crippen molar-refractivity contribution < 1.29 is 17.1 Å². The number of rotatable bonds is 1. The molecule has 0 spiro atoms. The van der Waals surface area contributed by atoms with Crippen molar-refractivity contribution in [1.29, 1.82) is 0 Å². The van der Waals surface area contributed by atoms with Crippen LogP contribution in [0.15, 0.2) is 67.1 Å². The van der Waals surface area contributed by atoms with Crippen LogP contribution in [0.2, 0.25) is 0 Å². The first kappa shape index (κ1) is 14.4. The fourth-order valence-electron chi connectivity index (χ4n) is 1.55. The van der Waals surface area contributed by atoms with Gasteiger partial charge < -0.3 is 0 Å². The van der Waals surface area contributed by atoms with Crippen molar-refractivity contribution in [3.8, 4) is 11.3 Å². The summed E-state index contributed by atoms with van der Waals surface area (Å²) in [6, 6.07) is 18.1. The van der Waals surface area contributed by atoms with Crippen LogP contribution >= 0.6 is 0 Å². The minimum Gasteiger partial charge on any atom is -0.256 e. The van der Waals surface area contributed by atoms with E-state index in [0.717, 1.165) is 16.8 Å². The molecule has 3 rings (SSSR count). The molecule has 0 bridgehead atoms. The van der Waals surface area contributed by atoms with E-state index in [4.69, 9.17) is 0 Å². The normalized spacial score (nSPS) is 8.94. The Balaban J connectivity index is 0.000000230. The molecule has 1 heterocycles. The smallest absolute Gasteiger partial charge is 0.256 e. The zero-order valence-corrected chi connectivity index (χ0v) is 11.2. The van der Waals surface area contributed by atoms with Gasteiger partial charge in [-0.2, -0.15) is 30.3 Å². The summed E-state index contributed by atoms with van der Waals surface area (Å²) in [4.78, 5) is 8.15. The molecule has 0 unspecified atom stereocenters. The van der Waals surface area contributed by atoms with Gasteiger partial charge in [0.25, 0.3) is 0 Å². The van der Waals surface area contributed by atoms with Crippen LogP contribution in [0, 0.1) is 6.92 Å². The van der Waals surface area contributed by atoms with Gasteiger partial charge in [-0.3, -0.25) is 9.97 Å². The van der Waals surface area contributed by atoms with Gasteiger partial charge in [-0.15, -0.1) is 12.1 Å². The second kappa shape index (κ2) is 7.59. The maximum absolute atomic E-state index is 4.21. The van der Waals surface area contributed by atoms with Crippen molar-refractivity contribution in [2.24, 2.45) is 0 Å². The first-order chi connectivity index (χ1) is 8.38. The molecule has 0 atom stereocenters. The maximum atomic E-state index is 4.21. The first-order valence-corrected chi connectivity index (χ1v) is 5.53. The third-order valence-corrected chi connectivity index (χ3v) is 2.39. The van der Waals surface area contributed by atoms with Gasteiger partial charge in [0, 0.05) is 0 Å². The molecule has 0 aliphatic heterocycles. The van der Waals surface area contributed by atoms with Crippen LogP contribution in [0.1, 0.15) is 5.56 Å². The standard InChI is InChI=1S/C10H9N2.C5H5.Fe/c1-8-6-11-7-12-10(8)9-4-2-3-5-9;1-2-4-5-3-1;/h2-7H,1H3;1-5H;/q2*-1;+2. The number of hydrogen-bond donors (Lipinski definition) is 0. The van der Waals surface area contributed by atoms with Gasteiger partial charge in [0.1, 0.15) is 6.33 Å². The van der Waals surface area contributed by atoms with Crippen molar-refractivity contribution in [3.05, 3.63) is 72.7 Å². The summed E-state index contributed by atoms with van der Waals surface area (Å²) in [6.07, 6.45) is 3.41. The quantitative estimate of drug-likeness (QED) is 0.502. The van der Waals surface area contributed by atoms with Crippen LogP contribution in [0.3, 0.4) is 0 Å². The summed E-state index contributed by atoms with van der Waals surface area (Å²) in [5.41, 5.74) is 3.30. The Morgan fingerprint density at radius 2 is 1.72 bits per heavy atom. The SMILES string of the molecule is Cc1cncnc1-[c-]1cccc1.[Fe+2].c1cc[cH-]c1. The Morgan fingerprint density at radius 1 is 1.06 bits per heavy atom. The van der Waals surface area contributed by atoms with E-state index >= 15 is 0 Å². The summed E-state index contributed by atoms with van der Waals surface area (Å²) in [5, 5.41) is 0. The van der Waals surface area contributed by atoms with Crippen LogP contribution in [-0.4, -0.2) is 9.97 Å². The fourth-order valence-corrected chi connectivity index (χ4v) is 1.55. The first-order valence-electron chi connectivity index (χ1n) is 5.53. The van der Waals surface area contributed by atoms with Crippen molar-refractivity contribution in [2.75, 3.05) is 0 Å². The van der Waals surface area contributed by atoms with E-state index in [9.17, 15) is 0 Å². The minimum absolute atomic E-state index is 0. The van der Waals surface area contributed by atoms with E-state index in [2.05, 4.69) is 22.1 Å². The Morgan fingerprint density at radius 3 is 2.22 bits per heavy atom. The second-order valence-electron chi connectivity index (χ2n) is 3.69. The molecule has 3 heteroatoms. The molecule has 0 saturated carbocycles. The Kier molecular flexibility index (Phi) is 6.06. The zero-order chi connectivity index (χ0) is 11.9. The van der Waals surface area contributed by atoms with E-state index in [1.165, 1.54) is 0 Å². The largest absolute Gasteiger partial charge is 2.00 e. The van der Waals surface area contributed by atoms with Gasteiger partial charge in [-0.05, 0) is 11.9 Å². The van der Waals surface area contributed by atoms with Crippen LogP contribution in [0.4, 0.5) is 0 Å². The summed E-state index contributed by atoms with van der Waals surface area (Å²) in [6.45, 7) is 2.02. The van der Waals surface area contributed by atoms with E-state index in [-0.39, 0.29) is 17.1 Å². The van der Waals surface area contributed by atoms with E-state index in [1.807, 2.05) is 55.6 Å². The molecule has 0 fully saturated rings. The van der Waals surface area contributed by atoms with Crippen LogP contribution in [0.5, 0.6) is 0 Å². The molecular weight excluding hydrogens is 264 g/mol. The average molecular weight is 278 g/mol. The summed E-state index contributed by atoms with van der Waals surface area (Å²) < 4.78 is 0. The fraction of sp³-hybridized carbons (Fsp3) is 0.0667. The van der Waals surface area contributed by atoms with Gasteiger partial charge in [0.15, 0.2) is 0 Å². The van der Waals surface area contributed by atoms with Gasteiger partial charge in [0.05, 0.1) is 0 Å². The predicted molar refractivity (Wildman–Crippen MR) is 69.8 cm³/mol. The zero-order valence-electron chi connectivity index (χ0n) is 10.1. The number of nitrogens with zero attached hydrogens (tertiary/aromatic N) is 2. The molecule has 0 saturated heterocycles. The second-order valence-corrected chi connectivity index (χ2v) is 3.69. The monoisotopic (exact) mass is 278 g/mol. The molecule has 0 radical (unpaired) electrons. The molecule has 0 amide bonds. The minimum atomic E-state index is 0. The van der Waals surface area contributed by atoms with E-state index in [0.29, 0.717) is 0 Å². The van der Waals surface area contributed by atoms with Gasteiger partial charge in [0.2, 0.25) is 0 Å². The molecule has 2 nitrogen and oxygen atoms in total. The van der Waals surface area contributed by atoms with Crippen LogP contribution < -0.4 is 0 Å². The molecule has 0 aliphatic rings.